The van der Waals surface area contributed by atoms with Crippen LogP contribution in [0.5, 0.6) is 0 Å². The molecule has 23 heavy (non-hydrogen) atoms. The minimum atomic E-state index is -4.42. The summed E-state index contributed by atoms with van der Waals surface area (Å²) in [4.78, 5) is 4.11. The van der Waals surface area contributed by atoms with Crippen LogP contribution in [-0.2, 0) is 12.7 Å². The zero-order chi connectivity index (χ0) is 16.4. The van der Waals surface area contributed by atoms with Crippen LogP contribution in [0.3, 0.4) is 0 Å². The lowest BCUT2D eigenvalue weighted by atomic mass is 10.1. The quantitative estimate of drug-likeness (QED) is 0.736. The van der Waals surface area contributed by atoms with Crippen LogP contribution in [0.25, 0.3) is 11.4 Å². The Bertz CT molecular complexity index is 804. The molecule has 3 rings (SSSR count). The number of hydrogen-bond donors (Lipinski definition) is 1. The molecule has 1 heterocycles. The van der Waals surface area contributed by atoms with Gasteiger partial charge < -0.3 is 10.3 Å². The first kappa shape index (κ1) is 15.1. The van der Waals surface area contributed by atoms with Crippen LogP contribution in [-0.4, -0.2) is 9.55 Å². The molecule has 3 aromatic rings. The predicted molar refractivity (Wildman–Crippen MR) is 82.6 cm³/mol. The molecule has 2 N–H and O–H groups in total. The molecule has 0 unspecified atom stereocenters. The molecular weight excluding hydrogens is 303 g/mol. The summed E-state index contributed by atoms with van der Waals surface area (Å²) in [5.74, 6) is 0.287. The van der Waals surface area contributed by atoms with Gasteiger partial charge in [0, 0.05) is 30.2 Å². The lowest BCUT2D eigenvalue weighted by Gasteiger charge is -2.14. The normalized spacial score (nSPS) is 11.6. The van der Waals surface area contributed by atoms with Gasteiger partial charge in [0.25, 0.3) is 0 Å². The highest BCUT2D eigenvalue weighted by Gasteiger charge is 2.34. The number of nitrogens with zero attached hydrogens (tertiary/aromatic N) is 2. The average molecular weight is 317 g/mol. The molecular formula is C17H14F3N3. The van der Waals surface area contributed by atoms with E-state index in [1.165, 1.54) is 18.3 Å². The maximum atomic E-state index is 13.2. The van der Waals surface area contributed by atoms with Crippen LogP contribution in [0.15, 0.2) is 60.9 Å². The number of aromatic nitrogens is 2. The molecule has 0 aliphatic carbocycles. The number of nitrogen functional groups attached to an aromatic ring is 1. The number of benzene rings is 2. The van der Waals surface area contributed by atoms with Gasteiger partial charge in [-0.25, -0.2) is 4.98 Å². The number of halogens is 3. The minimum absolute atomic E-state index is 0.0699. The summed E-state index contributed by atoms with van der Waals surface area (Å²) in [6.07, 6.45) is -1.26. The summed E-state index contributed by atoms with van der Waals surface area (Å²) in [6.45, 7) is 0.418. The maximum absolute atomic E-state index is 13.2. The van der Waals surface area contributed by atoms with Crippen molar-refractivity contribution in [2.45, 2.75) is 12.7 Å². The van der Waals surface area contributed by atoms with Crippen LogP contribution >= 0.6 is 0 Å². The highest BCUT2D eigenvalue weighted by atomic mass is 19.4. The van der Waals surface area contributed by atoms with Gasteiger partial charge in [0.1, 0.15) is 5.82 Å². The van der Waals surface area contributed by atoms with Gasteiger partial charge in [0.2, 0.25) is 0 Å². The zero-order valence-electron chi connectivity index (χ0n) is 12.1. The van der Waals surface area contributed by atoms with Crippen molar-refractivity contribution >= 4 is 5.69 Å². The second-order valence-corrected chi connectivity index (χ2v) is 5.16. The third-order valence-electron chi connectivity index (χ3n) is 3.52. The third-order valence-corrected chi connectivity index (χ3v) is 3.52. The van der Waals surface area contributed by atoms with E-state index in [0.717, 1.165) is 11.6 Å². The molecule has 0 radical (unpaired) electrons. The van der Waals surface area contributed by atoms with Crippen molar-refractivity contribution in [2.75, 3.05) is 5.73 Å². The number of alkyl halides is 3. The fraction of sp³-hybridized carbons (Fsp3) is 0.118. The van der Waals surface area contributed by atoms with E-state index in [1.807, 2.05) is 12.1 Å². The molecule has 0 saturated heterocycles. The Morgan fingerprint density at radius 1 is 1.00 bits per heavy atom. The van der Waals surface area contributed by atoms with Gasteiger partial charge in [0.05, 0.1) is 5.56 Å². The molecule has 0 fully saturated rings. The van der Waals surface area contributed by atoms with Gasteiger partial charge in [-0.3, -0.25) is 0 Å². The van der Waals surface area contributed by atoms with Gasteiger partial charge in [-0.2, -0.15) is 13.2 Å². The monoisotopic (exact) mass is 317 g/mol. The number of nitrogens with two attached hydrogens (primary N) is 1. The van der Waals surface area contributed by atoms with Crippen molar-refractivity contribution in [3.8, 4) is 11.4 Å². The number of imidazole rings is 1. The summed E-state index contributed by atoms with van der Waals surface area (Å²) < 4.78 is 41.3. The van der Waals surface area contributed by atoms with Gasteiger partial charge in [-0.15, -0.1) is 0 Å². The molecule has 1 aromatic heterocycles. The molecule has 0 aliphatic heterocycles. The Hall–Kier alpha value is -2.76. The number of anilines is 1. The topological polar surface area (TPSA) is 43.8 Å². The highest BCUT2D eigenvalue weighted by molar-refractivity contribution is 5.61. The Morgan fingerprint density at radius 3 is 2.39 bits per heavy atom. The molecule has 3 nitrogen and oxygen atoms in total. The zero-order valence-corrected chi connectivity index (χ0v) is 12.1. The van der Waals surface area contributed by atoms with Crippen molar-refractivity contribution in [1.82, 2.24) is 9.55 Å². The van der Waals surface area contributed by atoms with Crippen molar-refractivity contribution in [3.63, 3.8) is 0 Å². The molecule has 0 amide bonds. The molecule has 118 valence electrons. The van der Waals surface area contributed by atoms with E-state index in [0.29, 0.717) is 12.2 Å². The Balaban J connectivity index is 2.00. The van der Waals surface area contributed by atoms with Crippen LogP contribution in [0.2, 0.25) is 0 Å². The van der Waals surface area contributed by atoms with Crippen LogP contribution in [0, 0.1) is 0 Å². The number of hydrogen-bond acceptors (Lipinski definition) is 2. The summed E-state index contributed by atoms with van der Waals surface area (Å²) >= 11 is 0. The van der Waals surface area contributed by atoms with Gasteiger partial charge in [0.15, 0.2) is 0 Å². The average Bonchev–Trinajstić information content (AvgIpc) is 2.97. The van der Waals surface area contributed by atoms with Crippen LogP contribution in [0.4, 0.5) is 18.9 Å². The summed E-state index contributed by atoms with van der Waals surface area (Å²) in [6, 6.07) is 12.7. The molecule has 6 heteroatoms. The van der Waals surface area contributed by atoms with E-state index in [-0.39, 0.29) is 11.4 Å². The highest BCUT2D eigenvalue weighted by Crippen LogP contribution is 2.36. The Kier molecular flexibility index (Phi) is 3.82. The molecule has 0 aliphatic rings. The first-order valence-corrected chi connectivity index (χ1v) is 6.97. The maximum Gasteiger partial charge on any atom is 0.417 e. The lowest BCUT2D eigenvalue weighted by molar-refractivity contribution is -0.137. The molecule has 0 saturated carbocycles. The largest absolute Gasteiger partial charge is 0.417 e. The predicted octanol–water partition coefficient (Wildman–Crippen LogP) is 4.20. The lowest BCUT2D eigenvalue weighted by Crippen LogP contribution is -2.09. The number of rotatable bonds is 3. The van der Waals surface area contributed by atoms with Crippen LogP contribution in [0.1, 0.15) is 11.1 Å². The minimum Gasteiger partial charge on any atom is -0.399 e. The summed E-state index contributed by atoms with van der Waals surface area (Å²) in [7, 11) is 0. The third kappa shape index (κ3) is 3.21. The SMILES string of the molecule is Nc1ccc(Cn2ccnc2-c2ccccc2C(F)(F)F)cc1. The van der Waals surface area contributed by atoms with E-state index in [1.54, 1.807) is 29.0 Å². The molecule has 0 bridgehead atoms. The van der Waals surface area contributed by atoms with E-state index in [2.05, 4.69) is 4.98 Å². The summed E-state index contributed by atoms with van der Waals surface area (Å²) in [5, 5.41) is 0. The van der Waals surface area contributed by atoms with Gasteiger partial charge >= 0.3 is 6.18 Å². The second-order valence-electron chi connectivity index (χ2n) is 5.16. The van der Waals surface area contributed by atoms with Crippen molar-refractivity contribution in [2.24, 2.45) is 0 Å². The molecule has 0 atom stereocenters. The van der Waals surface area contributed by atoms with Crippen molar-refractivity contribution in [3.05, 3.63) is 72.1 Å². The van der Waals surface area contributed by atoms with E-state index >= 15 is 0 Å². The standard InChI is InChI=1S/C17H14F3N3/c18-17(19,20)15-4-2-1-3-14(15)16-22-9-10-23(16)11-12-5-7-13(21)8-6-12/h1-10H,11,21H2. The van der Waals surface area contributed by atoms with Crippen molar-refractivity contribution in [1.29, 1.82) is 0 Å². The smallest absolute Gasteiger partial charge is 0.399 e. The molecule has 0 spiro atoms. The Labute approximate surface area is 131 Å². The van der Waals surface area contributed by atoms with E-state index in [9.17, 15) is 13.2 Å². The first-order valence-electron chi connectivity index (χ1n) is 6.97. The summed E-state index contributed by atoms with van der Waals surface area (Å²) in [5.41, 5.74) is 6.60. The fourth-order valence-corrected chi connectivity index (χ4v) is 2.43. The first-order chi connectivity index (χ1) is 10.9. The van der Waals surface area contributed by atoms with Crippen LogP contribution < -0.4 is 5.73 Å². The van der Waals surface area contributed by atoms with Gasteiger partial charge in [-0.1, -0.05) is 30.3 Å². The second kappa shape index (κ2) is 5.79. The van der Waals surface area contributed by atoms with E-state index in [4.69, 9.17) is 5.73 Å². The van der Waals surface area contributed by atoms with Gasteiger partial charge in [-0.05, 0) is 23.8 Å². The fourth-order valence-electron chi connectivity index (χ4n) is 2.43. The van der Waals surface area contributed by atoms with E-state index < -0.39 is 11.7 Å². The Morgan fingerprint density at radius 2 is 1.70 bits per heavy atom. The van der Waals surface area contributed by atoms with Crippen molar-refractivity contribution < 1.29 is 13.2 Å². The molecule has 2 aromatic carbocycles.